The zero-order valence-electron chi connectivity index (χ0n) is 15.3. The second-order valence-electron chi connectivity index (χ2n) is 6.45. The van der Waals surface area contributed by atoms with Gasteiger partial charge in [0.25, 0.3) is 0 Å². The van der Waals surface area contributed by atoms with E-state index in [1.807, 2.05) is 0 Å². The number of esters is 1. The molecule has 0 fully saturated rings. The van der Waals surface area contributed by atoms with Gasteiger partial charge in [0.2, 0.25) is 6.23 Å². The van der Waals surface area contributed by atoms with Gasteiger partial charge in [0.15, 0.2) is 5.96 Å². The van der Waals surface area contributed by atoms with E-state index in [-0.39, 0.29) is 18.7 Å². The number of guanidine groups is 1. The van der Waals surface area contributed by atoms with Gasteiger partial charge in [-0.05, 0) is 30.2 Å². The van der Waals surface area contributed by atoms with E-state index in [4.69, 9.17) is 39.1 Å². The van der Waals surface area contributed by atoms with Crippen LogP contribution in [0.25, 0.3) is 0 Å². The zero-order chi connectivity index (χ0) is 22.1. The van der Waals surface area contributed by atoms with E-state index in [9.17, 15) is 18.0 Å². The molecular weight excluding hydrogens is 446 g/mol. The Kier molecular flexibility index (Phi) is 6.33. The number of nitrogens with one attached hydrogen (secondary N) is 1. The molecule has 6 nitrogen and oxygen atoms in total. The smallest absolute Gasteiger partial charge is 0.489 e. The minimum absolute atomic E-state index is 0.0572. The second-order valence-corrected chi connectivity index (χ2v) is 7.23. The van der Waals surface area contributed by atoms with E-state index < -0.39 is 24.3 Å². The summed E-state index contributed by atoms with van der Waals surface area (Å²) in [5, 5.41) is 8.32. The summed E-state index contributed by atoms with van der Waals surface area (Å²) in [5.41, 5.74) is 7.01. The van der Waals surface area contributed by atoms with Crippen LogP contribution in [0.4, 0.5) is 13.2 Å². The molecule has 1 heterocycles. The SMILES string of the molecule is N=C(N)N1CCc2ccc(OCc3cccc(Cl)c3Cl)cc2C1OC(=O)C(F)(F)F. The molecule has 160 valence electrons. The minimum Gasteiger partial charge on any atom is -0.489 e. The van der Waals surface area contributed by atoms with E-state index in [0.29, 0.717) is 33.3 Å². The normalized spacial score (nSPS) is 16.0. The quantitative estimate of drug-likeness (QED) is 0.399. The van der Waals surface area contributed by atoms with Gasteiger partial charge in [0.05, 0.1) is 10.0 Å². The highest BCUT2D eigenvalue weighted by Gasteiger charge is 2.44. The summed E-state index contributed by atoms with van der Waals surface area (Å²) < 4.78 is 48.6. The van der Waals surface area contributed by atoms with Crippen molar-refractivity contribution in [3.05, 3.63) is 63.1 Å². The van der Waals surface area contributed by atoms with E-state index in [0.717, 1.165) is 4.90 Å². The molecule has 1 aliphatic heterocycles. The largest absolute Gasteiger partial charge is 0.491 e. The fourth-order valence-corrected chi connectivity index (χ4v) is 3.38. The van der Waals surface area contributed by atoms with Crippen molar-refractivity contribution >= 4 is 35.1 Å². The molecule has 0 amide bonds. The molecule has 11 heteroatoms. The number of nitrogens with zero attached hydrogens (tertiary/aromatic N) is 1. The molecule has 0 saturated carbocycles. The van der Waals surface area contributed by atoms with Crippen molar-refractivity contribution < 1.29 is 27.4 Å². The maximum Gasteiger partial charge on any atom is 0.491 e. The number of benzene rings is 2. The maximum atomic E-state index is 12.7. The number of hydrogen-bond donors (Lipinski definition) is 2. The predicted octanol–water partition coefficient (Wildman–Crippen LogP) is 4.43. The number of halogens is 5. The molecule has 0 bridgehead atoms. The Bertz CT molecular complexity index is 985. The summed E-state index contributed by atoms with van der Waals surface area (Å²) in [7, 11) is 0. The third kappa shape index (κ3) is 4.73. The average Bonchev–Trinajstić information content (AvgIpc) is 2.68. The van der Waals surface area contributed by atoms with Crippen molar-refractivity contribution in [3.63, 3.8) is 0 Å². The summed E-state index contributed by atoms with van der Waals surface area (Å²) in [5.74, 6) is -2.58. The Morgan fingerprint density at radius 1 is 1.27 bits per heavy atom. The van der Waals surface area contributed by atoms with Gasteiger partial charge in [-0.1, -0.05) is 41.4 Å². The number of ether oxygens (including phenoxy) is 2. The van der Waals surface area contributed by atoms with Crippen LogP contribution in [0.5, 0.6) is 5.75 Å². The highest BCUT2D eigenvalue weighted by molar-refractivity contribution is 6.42. The molecule has 0 spiro atoms. The van der Waals surface area contributed by atoms with Gasteiger partial charge in [-0.3, -0.25) is 5.41 Å². The topological polar surface area (TPSA) is 88.6 Å². The Labute approximate surface area is 179 Å². The van der Waals surface area contributed by atoms with E-state index in [1.165, 1.54) is 6.07 Å². The monoisotopic (exact) mass is 461 g/mol. The van der Waals surface area contributed by atoms with Crippen LogP contribution in [0.15, 0.2) is 36.4 Å². The fraction of sp³-hybridized carbons (Fsp3) is 0.263. The van der Waals surface area contributed by atoms with Crippen LogP contribution in [0, 0.1) is 5.41 Å². The lowest BCUT2D eigenvalue weighted by atomic mass is 9.98. The number of carbonyl (C=O) groups is 1. The van der Waals surface area contributed by atoms with Crippen LogP contribution in [0.3, 0.4) is 0 Å². The van der Waals surface area contributed by atoms with Crippen molar-refractivity contribution in [2.24, 2.45) is 5.73 Å². The van der Waals surface area contributed by atoms with Crippen molar-refractivity contribution in [2.45, 2.75) is 25.4 Å². The van der Waals surface area contributed by atoms with Gasteiger partial charge in [0, 0.05) is 17.7 Å². The molecule has 0 saturated heterocycles. The molecule has 1 aliphatic rings. The molecule has 1 atom stereocenters. The molecular formula is C19H16Cl2F3N3O3. The molecule has 2 aromatic rings. The summed E-state index contributed by atoms with van der Waals surface area (Å²) in [4.78, 5) is 12.5. The molecule has 0 radical (unpaired) electrons. The van der Waals surface area contributed by atoms with Crippen molar-refractivity contribution in [1.29, 1.82) is 5.41 Å². The summed E-state index contributed by atoms with van der Waals surface area (Å²) in [6.07, 6.45) is -6.29. The summed E-state index contributed by atoms with van der Waals surface area (Å²) in [6, 6.07) is 9.81. The molecule has 1 unspecified atom stereocenters. The van der Waals surface area contributed by atoms with Crippen molar-refractivity contribution in [1.82, 2.24) is 4.90 Å². The third-order valence-electron chi connectivity index (χ3n) is 4.47. The van der Waals surface area contributed by atoms with Gasteiger partial charge < -0.3 is 20.1 Å². The number of hydrogen-bond acceptors (Lipinski definition) is 4. The lowest BCUT2D eigenvalue weighted by Crippen LogP contribution is -2.46. The van der Waals surface area contributed by atoms with Gasteiger partial charge in [-0.2, -0.15) is 13.2 Å². The highest BCUT2D eigenvalue weighted by Crippen LogP contribution is 2.35. The lowest BCUT2D eigenvalue weighted by molar-refractivity contribution is -0.211. The predicted molar refractivity (Wildman–Crippen MR) is 104 cm³/mol. The first-order valence-electron chi connectivity index (χ1n) is 8.65. The number of carbonyl (C=O) groups excluding carboxylic acids is 1. The number of alkyl halides is 3. The Hall–Kier alpha value is -2.65. The molecule has 2 aromatic carbocycles. The van der Waals surface area contributed by atoms with Crippen LogP contribution < -0.4 is 10.5 Å². The Morgan fingerprint density at radius 3 is 2.67 bits per heavy atom. The lowest BCUT2D eigenvalue weighted by Gasteiger charge is -2.36. The molecule has 3 rings (SSSR count). The van der Waals surface area contributed by atoms with Crippen LogP contribution in [0.2, 0.25) is 10.0 Å². The summed E-state index contributed by atoms with van der Waals surface area (Å²) in [6.45, 7) is 0.179. The highest BCUT2D eigenvalue weighted by atomic mass is 35.5. The van der Waals surface area contributed by atoms with Gasteiger partial charge >= 0.3 is 12.1 Å². The van der Waals surface area contributed by atoms with Crippen LogP contribution in [-0.2, 0) is 22.6 Å². The van der Waals surface area contributed by atoms with E-state index in [1.54, 1.807) is 30.3 Å². The van der Waals surface area contributed by atoms with Crippen molar-refractivity contribution in [3.8, 4) is 5.75 Å². The van der Waals surface area contributed by atoms with Gasteiger partial charge in [0.1, 0.15) is 12.4 Å². The molecule has 0 aliphatic carbocycles. The van der Waals surface area contributed by atoms with Crippen LogP contribution in [0.1, 0.15) is 22.9 Å². The molecule has 3 N–H and O–H groups in total. The Balaban J connectivity index is 1.88. The van der Waals surface area contributed by atoms with E-state index >= 15 is 0 Å². The molecule has 30 heavy (non-hydrogen) atoms. The van der Waals surface area contributed by atoms with Crippen molar-refractivity contribution in [2.75, 3.05) is 6.54 Å². The first-order valence-corrected chi connectivity index (χ1v) is 9.40. The van der Waals surface area contributed by atoms with Gasteiger partial charge in [-0.15, -0.1) is 0 Å². The van der Waals surface area contributed by atoms with Crippen LogP contribution in [-0.4, -0.2) is 29.5 Å². The standard InChI is InChI=1S/C19H16Cl2F3N3O3/c20-14-3-1-2-11(15(14)21)9-29-12-5-4-10-6-7-27(18(25)26)16(13(10)8-12)30-17(28)19(22,23)24/h1-5,8,16H,6-7,9H2,(H3,25,26). The summed E-state index contributed by atoms with van der Waals surface area (Å²) >= 11 is 12.1. The number of rotatable bonds is 4. The minimum atomic E-state index is -5.18. The second kappa shape index (κ2) is 8.61. The number of nitrogens with two attached hydrogens (primary N) is 1. The molecule has 0 aromatic heterocycles. The third-order valence-corrected chi connectivity index (χ3v) is 5.33. The maximum absolute atomic E-state index is 12.7. The van der Waals surface area contributed by atoms with E-state index in [2.05, 4.69) is 4.74 Å². The fourth-order valence-electron chi connectivity index (χ4n) is 3.01. The Morgan fingerprint density at radius 2 is 2.00 bits per heavy atom. The average molecular weight is 462 g/mol. The zero-order valence-corrected chi connectivity index (χ0v) is 16.8. The van der Waals surface area contributed by atoms with Gasteiger partial charge in [-0.25, -0.2) is 4.79 Å². The first-order chi connectivity index (χ1) is 14.1. The first kappa shape index (κ1) is 22.0. The number of fused-ring (bicyclic) bond motifs is 1. The van der Waals surface area contributed by atoms with Crippen LogP contribution >= 0.6 is 23.2 Å².